The van der Waals surface area contributed by atoms with Crippen molar-refractivity contribution in [3.8, 4) is 0 Å². The number of aryl methyl sites for hydroxylation is 1. The van der Waals surface area contributed by atoms with Gasteiger partial charge in [0.05, 0.1) is 13.2 Å². The second kappa shape index (κ2) is 6.26. The number of hydrogen-bond donors (Lipinski definition) is 1. The van der Waals surface area contributed by atoms with Crippen LogP contribution in [-0.4, -0.2) is 35.6 Å². The van der Waals surface area contributed by atoms with E-state index in [0.29, 0.717) is 36.9 Å². The third-order valence-electron chi connectivity index (χ3n) is 3.96. The van der Waals surface area contributed by atoms with Crippen molar-refractivity contribution in [1.82, 2.24) is 9.88 Å². The molecule has 0 bridgehead atoms. The van der Waals surface area contributed by atoms with Gasteiger partial charge >= 0.3 is 6.03 Å². The van der Waals surface area contributed by atoms with Gasteiger partial charge in [0.15, 0.2) is 11.5 Å². The summed E-state index contributed by atoms with van der Waals surface area (Å²) in [6.45, 7) is 3.47. The van der Waals surface area contributed by atoms with Crippen LogP contribution < -0.4 is 5.32 Å². The van der Waals surface area contributed by atoms with Gasteiger partial charge in [0.25, 0.3) is 0 Å². The highest BCUT2D eigenvalue weighted by Crippen LogP contribution is 2.26. The van der Waals surface area contributed by atoms with E-state index >= 15 is 0 Å². The number of anilines is 1. The molecule has 3 heterocycles. The van der Waals surface area contributed by atoms with Crippen LogP contribution in [-0.2, 0) is 4.74 Å². The van der Waals surface area contributed by atoms with Gasteiger partial charge in [-0.2, -0.15) is 0 Å². The molecule has 0 saturated carbocycles. The normalized spacial score (nSPS) is 18.0. The highest BCUT2D eigenvalue weighted by molar-refractivity contribution is 7.10. The van der Waals surface area contributed by atoms with Crippen LogP contribution in [0.4, 0.5) is 10.5 Å². The number of morpholine rings is 1. The van der Waals surface area contributed by atoms with Gasteiger partial charge in [0.2, 0.25) is 0 Å². The van der Waals surface area contributed by atoms with E-state index < -0.39 is 0 Å². The minimum Gasteiger partial charge on any atom is -0.441 e. The number of rotatable bonds is 2. The van der Waals surface area contributed by atoms with Gasteiger partial charge in [-0.15, -0.1) is 11.3 Å². The number of fused-ring (bicyclic) bond motifs is 1. The zero-order valence-corrected chi connectivity index (χ0v) is 14.0. The lowest BCUT2D eigenvalue weighted by Crippen LogP contribution is -2.44. The maximum absolute atomic E-state index is 12.5. The molecule has 1 aromatic carbocycles. The number of hydrogen-bond acceptors (Lipinski definition) is 5. The summed E-state index contributed by atoms with van der Waals surface area (Å²) >= 11 is 1.65. The average Bonchev–Trinajstić information content (AvgIpc) is 3.23. The van der Waals surface area contributed by atoms with Crippen molar-refractivity contribution in [2.75, 3.05) is 25.0 Å². The molecule has 0 spiro atoms. The van der Waals surface area contributed by atoms with Gasteiger partial charge in [-0.1, -0.05) is 6.07 Å². The summed E-state index contributed by atoms with van der Waals surface area (Å²) < 4.78 is 11.3. The van der Waals surface area contributed by atoms with Crippen molar-refractivity contribution >= 4 is 34.2 Å². The van der Waals surface area contributed by atoms with E-state index in [9.17, 15) is 4.79 Å². The first kappa shape index (κ1) is 15.2. The first-order chi connectivity index (χ1) is 11.7. The fourth-order valence-electron chi connectivity index (χ4n) is 2.80. The molecule has 24 heavy (non-hydrogen) atoms. The molecule has 2 aromatic heterocycles. The summed E-state index contributed by atoms with van der Waals surface area (Å²) in [5, 5.41) is 4.95. The average molecular weight is 343 g/mol. The zero-order valence-electron chi connectivity index (χ0n) is 13.2. The Kier molecular flexibility index (Phi) is 3.95. The molecular formula is C17H17N3O3S. The van der Waals surface area contributed by atoms with Crippen LogP contribution in [0.3, 0.4) is 0 Å². The summed E-state index contributed by atoms with van der Waals surface area (Å²) in [5.41, 5.74) is 2.15. The monoisotopic (exact) mass is 343 g/mol. The van der Waals surface area contributed by atoms with Crippen molar-refractivity contribution in [2.24, 2.45) is 0 Å². The fourth-order valence-corrected chi connectivity index (χ4v) is 3.57. The van der Waals surface area contributed by atoms with Crippen LogP contribution in [0.1, 0.15) is 16.9 Å². The number of amides is 2. The topological polar surface area (TPSA) is 67.6 Å². The fraction of sp³-hybridized carbons (Fsp3) is 0.294. The molecule has 1 saturated heterocycles. The number of carbonyl (C=O) groups is 1. The quantitative estimate of drug-likeness (QED) is 0.768. The standard InChI is InChI=1S/C17H17N3O3S/c1-11-18-13-5-4-12(9-14(13)23-11)19-17(21)20-6-7-22-15(10-20)16-3-2-8-24-16/h2-5,8-9,15H,6-7,10H2,1H3,(H,19,21)/t15-/m1/s1. The number of thiophene rings is 1. The number of aromatic nitrogens is 1. The highest BCUT2D eigenvalue weighted by Gasteiger charge is 2.26. The van der Waals surface area contributed by atoms with Crippen LogP contribution in [0.25, 0.3) is 11.1 Å². The molecule has 3 aromatic rings. The number of nitrogens with zero attached hydrogens (tertiary/aromatic N) is 2. The SMILES string of the molecule is Cc1nc2ccc(NC(=O)N3CCO[C@@H](c4cccs4)C3)cc2o1. The number of carbonyl (C=O) groups excluding carboxylic acids is 1. The van der Waals surface area contributed by atoms with Gasteiger partial charge in [-0.05, 0) is 23.6 Å². The van der Waals surface area contributed by atoms with E-state index in [-0.39, 0.29) is 12.1 Å². The second-order valence-electron chi connectivity index (χ2n) is 5.67. The summed E-state index contributed by atoms with van der Waals surface area (Å²) in [6, 6.07) is 9.38. The molecule has 1 aliphatic rings. The van der Waals surface area contributed by atoms with Gasteiger partial charge in [0, 0.05) is 30.1 Å². The van der Waals surface area contributed by atoms with E-state index in [1.54, 1.807) is 29.2 Å². The molecule has 1 fully saturated rings. The van der Waals surface area contributed by atoms with Crippen LogP contribution >= 0.6 is 11.3 Å². The Bertz CT molecular complexity index is 859. The molecular weight excluding hydrogens is 326 g/mol. The van der Waals surface area contributed by atoms with Gasteiger partial charge in [-0.25, -0.2) is 9.78 Å². The molecule has 6 nitrogen and oxygen atoms in total. The number of urea groups is 1. The third kappa shape index (κ3) is 3.00. The number of oxazole rings is 1. The van der Waals surface area contributed by atoms with Crippen molar-refractivity contribution in [3.63, 3.8) is 0 Å². The molecule has 1 N–H and O–H groups in total. The third-order valence-corrected chi connectivity index (χ3v) is 4.93. The van der Waals surface area contributed by atoms with Crippen molar-refractivity contribution in [2.45, 2.75) is 13.0 Å². The lowest BCUT2D eigenvalue weighted by atomic mass is 10.2. The smallest absolute Gasteiger partial charge is 0.322 e. The lowest BCUT2D eigenvalue weighted by molar-refractivity contribution is -0.0115. The molecule has 0 radical (unpaired) electrons. The van der Waals surface area contributed by atoms with E-state index in [1.807, 2.05) is 29.6 Å². The van der Waals surface area contributed by atoms with E-state index in [4.69, 9.17) is 9.15 Å². The zero-order chi connectivity index (χ0) is 16.5. The van der Waals surface area contributed by atoms with Crippen molar-refractivity contribution in [1.29, 1.82) is 0 Å². The van der Waals surface area contributed by atoms with Crippen LogP contribution in [0.2, 0.25) is 0 Å². The lowest BCUT2D eigenvalue weighted by Gasteiger charge is -2.32. The minimum atomic E-state index is -0.129. The van der Waals surface area contributed by atoms with Crippen LogP contribution in [0, 0.1) is 6.92 Å². The van der Waals surface area contributed by atoms with Crippen LogP contribution in [0.5, 0.6) is 0 Å². The van der Waals surface area contributed by atoms with Crippen molar-refractivity contribution in [3.05, 3.63) is 46.5 Å². The van der Waals surface area contributed by atoms with Gasteiger partial charge in [-0.3, -0.25) is 0 Å². The number of ether oxygens (including phenoxy) is 1. The molecule has 124 valence electrons. The molecule has 1 aliphatic heterocycles. The van der Waals surface area contributed by atoms with Gasteiger partial charge < -0.3 is 19.4 Å². The first-order valence-corrected chi connectivity index (χ1v) is 8.65. The van der Waals surface area contributed by atoms with Gasteiger partial charge in [0.1, 0.15) is 11.6 Å². The Hall–Kier alpha value is -2.38. The Labute approximate surface area is 143 Å². The molecule has 0 unspecified atom stereocenters. The summed E-state index contributed by atoms with van der Waals surface area (Å²) in [7, 11) is 0. The minimum absolute atomic E-state index is 0.0519. The predicted octanol–water partition coefficient (Wildman–Crippen LogP) is 3.80. The molecule has 1 atom stereocenters. The Morgan fingerprint density at radius 3 is 3.17 bits per heavy atom. The number of benzene rings is 1. The first-order valence-electron chi connectivity index (χ1n) is 7.77. The predicted molar refractivity (Wildman–Crippen MR) is 92.3 cm³/mol. The van der Waals surface area contributed by atoms with Crippen LogP contribution in [0.15, 0.2) is 40.1 Å². The Balaban J connectivity index is 1.46. The molecule has 4 rings (SSSR count). The summed E-state index contributed by atoms with van der Waals surface area (Å²) in [6.07, 6.45) is -0.0519. The van der Waals surface area contributed by atoms with E-state index in [2.05, 4.69) is 10.3 Å². The molecule has 0 aliphatic carbocycles. The highest BCUT2D eigenvalue weighted by atomic mass is 32.1. The second-order valence-corrected chi connectivity index (χ2v) is 6.65. The maximum atomic E-state index is 12.5. The number of nitrogens with one attached hydrogen (secondary N) is 1. The summed E-state index contributed by atoms with van der Waals surface area (Å²) in [4.78, 5) is 19.7. The Morgan fingerprint density at radius 1 is 1.42 bits per heavy atom. The Morgan fingerprint density at radius 2 is 2.33 bits per heavy atom. The maximum Gasteiger partial charge on any atom is 0.322 e. The van der Waals surface area contributed by atoms with Crippen molar-refractivity contribution < 1.29 is 13.9 Å². The molecule has 7 heteroatoms. The van der Waals surface area contributed by atoms with E-state index in [0.717, 1.165) is 10.4 Å². The molecule has 2 amide bonds. The van der Waals surface area contributed by atoms with E-state index in [1.165, 1.54) is 0 Å². The largest absolute Gasteiger partial charge is 0.441 e. The summed E-state index contributed by atoms with van der Waals surface area (Å²) in [5.74, 6) is 0.612.